The molecule has 0 fully saturated rings. The fraction of sp³-hybridized carbons (Fsp3) is 0.407. The fourth-order valence-corrected chi connectivity index (χ4v) is 4.99. The van der Waals surface area contributed by atoms with Gasteiger partial charge < -0.3 is 19.2 Å². The number of carbonyl (C=O) groups excluding carboxylic acids is 3. The molecular formula is C27H29NO7. The predicted octanol–water partition coefficient (Wildman–Crippen LogP) is 3.67. The normalized spacial score (nSPS) is 22.1. The van der Waals surface area contributed by atoms with Gasteiger partial charge in [-0.3, -0.25) is 14.4 Å². The second kappa shape index (κ2) is 9.52. The lowest BCUT2D eigenvalue weighted by molar-refractivity contribution is -0.151. The van der Waals surface area contributed by atoms with Crippen molar-refractivity contribution in [1.29, 1.82) is 0 Å². The zero-order valence-electron chi connectivity index (χ0n) is 20.5. The van der Waals surface area contributed by atoms with E-state index in [1.54, 1.807) is 26.0 Å². The third-order valence-corrected chi connectivity index (χ3v) is 6.67. The van der Waals surface area contributed by atoms with Crippen LogP contribution in [0.5, 0.6) is 0 Å². The molecule has 8 heteroatoms. The first-order valence-electron chi connectivity index (χ1n) is 11.7. The first-order valence-corrected chi connectivity index (χ1v) is 11.7. The molecule has 184 valence electrons. The third kappa shape index (κ3) is 4.17. The SMILES string of the molecule is CCCOC(=O)C1=C(C)NC2=C(C(=O)C(C(=O)OC)C(C)C2)C1c1coc2ccc(C)cc2c1=O. The van der Waals surface area contributed by atoms with Crippen molar-refractivity contribution < 1.29 is 28.3 Å². The largest absolute Gasteiger partial charge is 0.468 e. The number of hydrogen-bond donors (Lipinski definition) is 1. The number of esters is 2. The first-order chi connectivity index (χ1) is 16.7. The Morgan fingerprint density at radius 3 is 2.63 bits per heavy atom. The van der Waals surface area contributed by atoms with Crippen molar-refractivity contribution in [3.63, 3.8) is 0 Å². The maximum Gasteiger partial charge on any atom is 0.336 e. The molecule has 2 aliphatic rings. The van der Waals surface area contributed by atoms with Crippen LogP contribution in [0.1, 0.15) is 50.7 Å². The maximum absolute atomic E-state index is 13.8. The van der Waals surface area contributed by atoms with Crippen LogP contribution in [-0.2, 0) is 23.9 Å². The van der Waals surface area contributed by atoms with Gasteiger partial charge in [-0.1, -0.05) is 25.5 Å². The molecule has 2 aromatic rings. The van der Waals surface area contributed by atoms with Gasteiger partial charge in [-0.05, 0) is 44.7 Å². The number of Topliss-reactive ketones (excluding diaryl/α,β-unsaturated/α-hetero) is 1. The summed E-state index contributed by atoms with van der Waals surface area (Å²) in [6.45, 7) is 7.45. The summed E-state index contributed by atoms with van der Waals surface area (Å²) in [4.78, 5) is 53.2. The van der Waals surface area contributed by atoms with Crippen molar-refractivity contribution >= 4 is 28.7 Å². The molecule has 1 N–H and O–H groups in total. The zero-order valence-corrected chi connectivity index (χ0v) is 20.5. The molecule has 8 nitrogen and oxygen atoms in total. The molecular weight excluding hydrogens is 450 g/mol. The third-order valence-electron chi connectivity index (χ3n) is 6.67. The van der Waals surface area contributed by atoms with E-state index >= 15 is 0 Å². The van der Waals surface area contributed by atoms with Crippen LogP contribution >= 0.6 is 0 Å². The Kier molecular flexibility index (Phi) is 6.65. The van der Waals surface area contributed by atoms with E-state index in [9.17, 15) is 19.2 Å². The number of fused-ring (bicyclic) bond motifs is 1. The Labute approximate surface area is 203 Å². The molecule has 0 bridgehead atoms. The molecule has 1 aromatic heterocycles. The number of ketones is 1. The Balaban J connectivity index is 1.97. The zero-order chi connectivity index (χ0) is 25.4. The van der Waals surface area contributed by atoms with Crippen LogP contribution in [0.3, 0.4) is 0 Å². The molecule has 0 radical (unpaired) electrons. The average molecular weight is 480 g/mol. The lowest BCUT2D eigenvalue weighted by Crippen LogP contribution is -2.44. The maximum atomic E-state index is 13.8. The highest BCUT2D eigenvalue weighted by molar-refractivity contribution is 6.12. The highest BCUT2D eigenvalue weighted by atomic mass is 16.5. The molecule has 1 aliphatic heterocycles. The number of benzene rings is 1. The van der Waals surface area contributed by atoms with Gasteiger partial charge >= 0.3 is 11.9 Å². The van der Waals surface area contributed by atoms with Crippen LogP contribution in [0.4, 0.5) is 0 Å². The topological polar surface area (TPSA) is 112 Å². The fourth-order valence-electron chi connectivity index (χ4n) is 4.99. The highest BCUT2D eigenvalue weighted by Gasteiger charge is 2.48. The smallest absolute Gasteiger partial charge is 0.336 e. The molecule has 4 rings (SSSR count). The Bertz CT molecular complexity index is 1350. The van der Waals surface area contributed by atoms with Crippen LogP contribution in [0.15, 0.2) is 56.2 Å². The van der Waals surface area contributed by atoms with Crippen LogP contribution in [-0.4, -0.2) is 31.4 Å². The van der Waals surface area contributed by atoms with E-state index in [0.29, 0.717) is 35.2 Å². The molecule has 35 heavy (non-hydrogen) atoms. The van der Waals surface area contributed by atoms with E-state index in [-0.39, 0.29) is 34.7 Å². The van der Waals surface area contributed by atoms with Crippen molar-refractivity contribution in [2.24, 2.45) is 11.8 Å². The summed E-state index contributed by atoms with van der Waals surface area (Å²) in [5.41, 5.74) is 2.51. The van der Waals surface area contributed by atoms with Crippen molar-refractivity contribution in [3.8, 4) is 0 Å². The lowest BCUT2D eigenvalue weighted by Gasteiger charge is -2.37. The minimum atomic E-state index is -1.04. The van der Waals surface area contributed by atoms with E-state index in [1.165, 1.54) is 13.4 Å². The van der Waals surface area contributed by atoms with Crippen LogP contribution in [0, 0.1) is 18.8 Å². The number of allylic oxidation sites excluding steroid dienone is 3. The number of aryl methyl sites for hydroxylation is 1. The van der Waals surface area contributed by atoms with Crippen molar-refractivity contribution in [2.45, 2.75) is 46.5 Å². The van der Waals surface area contributed by atoms with E-state index in [1.807, 2.05) is 19.9 Å². The van der Waals surface area contributed by atoms with E-state index in [4.69, 9.17) is 13.9 Å². The van der Waals surface area contributed by atoms with Gasteiger partial charge in [0.15, 0.2) is 11.2 Å². The van der Waals surface area contributed by atoms with Gasteiger partial charge in [-0.25, -0.2) is 4.79 Å². The second-order valence-corrected chi connectivity index (χ2v) is 9.19. The molecule has 0 saturated heterocycles. The molecule has 1 aliphatic carbocycles. The average Bonchev–Trinajstić information content (AvgIpc) is 2.82. The summed E-state index contributed by atoms with van der Waals surface area (Å²) in [6, 6.07) is 5.26. The van der Waals surface area contributed by atoms with Gasteiger partial charge in [-0.15, -0.1) is 0 Å². The van der Waals surface area contributed by atoms with Crippen molar-refractivity contribution in [1.82, 2.24) is 5.32 Å². The van der Waals surface area contributed by atoms with Gasteiger partial charge in [0.1, 0.15) is 11.5 Å². The van der Waals surface area contributed by atoms with Crippen molar-refractivity contribution in [2.75, 3.05) is 13.7 Å². The first kappa shape index (κ1) is 24.4. The van der Waals surface area contributed by atoms with E-state index in [0.717, 1.165) is 5.56 Å². The standard InChI is InChI=1S/C27H29NO7/c1-6-9-34-27(32)21-15(4)28-18-11-14(3)20(26(31)33-5)25(30)23(18)22(21)17-12-35-19-8-7-13(2)10-16(19)24(17)29/h7-8,10,12,14,20,22,28H,6,9,11H2,1-5H3. The Hall–Kier alpha value is -3.68. The number of dihydropyridines is 1. The summed E-state index contributed by atoms with van der Waals surface area (Å²) >= 11 is 0. The second-order valence-electron chi connectivity index (χ2n) is 9.19. The molecule has 3 atom stereocenters. The number of rotatable bonds is 5. The number of hydrogen-bond acceptors (Lipinski definition) is 8. The van der Waals surface area contributed by atoms with E-state index in [2.05, 4.69) is 5.32 Å². The van der Waals surface area contributed by atoms with E-state index < -0.39 is 29.6 Å². The monoisotopic (exact) mass is 479 g/mol. The number of nitrogens with one attached hydrogen (secondary N) is 1. The van der Waals surface area contributed by atoms with Gasteiger partial charge in [0.25, 0.3) is 0 Å². The summed E-state index contributed by atoms with van der Waals surface area (Å²) in [5.74, 6) is -4.14. The Morgan fingerprint density at radius 2 is 1.94 bits per heavy atom. The van der Waals surface area contributed by atoms with Crippen LogP contribution < -0.4 is 10.7 Å². The van der Waals surface area contributed by atoms with Crippen LogP contribution in [0.2, 0.25) is 0 Å². The molecule has 3 unspecified atom stereocenters. The summed E-state index contributed by atoms with van der Waals surface area (Å²) < 4.78 is 16.1. The van der Waals surface area contributed by atoms with Gasteiger partial charge in [0.05, 0.1) is 36.9 Å². The van der Waals surface area contributed by atoms with Gasteiger partial charge in [0, 0.05) is 22.5 Å². The summed E-state index contributed by atoms with van der Waals surface area (Å²) in [6.07, 6.45) is 2.30. The lowest BCUT2D eigenvalue weighted by atomic mass is 9.69. The quantitative estimate of drug-likeness (QED) is 0.511. The summed E-state index contributed by atoms with van der Waals surface area (Å²) in [5, 5.41) is 3.53. The molecule has 1 aromatic carbocycles. The van der Waals surface area contributed by atoms with Crippen LogP contribution in [0.25, 0.3) is 11.0 Å². The summed E-state index contributed by atoms with van der Waals surface area (Å²) in [7, 11) is 1.24. The molecule has 0 spiro atoms. The highest BCUT2D eigenvalue weighted by Crippen LogP contribution is 2.45. The Morgan fingerprint density at radius 1 is 1.20 bits per heavy atom. The molecule has 2 heterocycles. The van der Waals surface area contributed by atoms with Gasteiger partial charge in [-0.2, -0.15) is 0 Å². The molecule has 0 amide bonds. The minimum absolute atomic E-state index is 0.145. The van der Waals surface area contributed by atoms with Crippen molar-refractivity contribution in [3.05, 3.63) is 68.4 Å². The number of methoxy groups -OCH3 is 1. The van der Waals surface area contributed by atoms with Gasteiger partial charge in [0.2, 0.25) is 0 Å². The minimum Gasteiger partial charge on any atom is -0.468 e. The number of carbonyl (C=O) groups is 3. The predicted molar refractivity (Wildman–Crippen MR) is 128 cm³/mol. The molecule has 0 saturated carbocycles. The number of ether oxygens (including phenoxy) is 2.